The number of ether oxygens (including phenoxy) is 1. The van der Waals surface area contributed by atoms with E-state index in [4.69, 9.17) is 4.74 Å². The zero-order valence-electron chi connectivity index (χ0n) is 21.4. The molecule has 1 unspecified atom stereocenters. The van der Waals surface area contributed by atoms with Crippen LogP contribution in [0.25, 0.3) is 0 Å². The van der Waals surface area contributed by atoms with Gasteiger partial charge in [-0.1, -0.05) is 78.6 Å². The molecule has 1 saturated carbocycles. The van der Waals surface area contributed by atoms with Crippen molar-refractivity contribution in [2.45, 2.75) is 129 Å². The first-order valence-electron chi connectivity index (χ1n) is 13.7. The topological polar surface area (TPSA) is 29.5 Å². The summed E-state index contributed by atoms with van der Waals surface area (Å²) in [6.45, 7) is 7.96. The molecule has 1 atom stereocenters. The van der Waals surface area contributed by atoms with Gasteiger partial charge in [0.2, 0.25) is 5.91 Å². The molecule has 3 nitrogen and oxygen atoms in total. The second kappa shape index (κ2) is 13.9. The summed E-state index contributed by atoms with van der Waals surface area (Å²) in [4.78, 5) is 13.9. The Balaban J connectivity index is 1.56. The van der Waals surface area contributed by atoms with E-state index in [0.29, 0.717) is 37.8 Å². The van der Waals surface area contributed by atoms with E-state index in [-0.39, 0.29) is 18.4 Å². The first-order valence-corrected chi connectivity index (χ1v) is 13.7. The molecule has 33 heavy (non-hydrogen) atoms. The molecule has 0 bridgehead atoms. The number of hydrogen-bond donors (Lipinski definition) is 0. The normalized spacial score (nSPS) is 19.2. The highest BCUT2D eigenvalue weighted by Crippen LogP contribution is 2.37. The SMILES string of the molecule is CCC(CC)(CC)CCCCCCCCCOC(C1CCN(C(=O)C2CC2)CC1)C(F)(F)F. The molecule has 6 heteroatoms. The van der Waals surface area contributed by atoms with Crippen LogP contribution in [0.1, 0.15) is 117 Å². The minimum Gasteiger partial charge on any atom is -0.368 e. The Hall–Kier alpha value is -0.780. The smallest absolute Gasteiger partial charge is 0.368 e. The lowest BCUT2D eigenvalue weighted by Gasteiger charge is -2.36. The highest BCUT2D eigenvalue weighted by molar-refractivity contribution is 5.81. The minimum atomic E-state index is -4.34. The third-order valence-electron chi connectivity index (χ3n) is 8.43. The van der Waals surface area contributed by atoms with Crippen molar-refractivity contribution >= 4 is 5.91 Å². The molecular formula is C27H48F3NO2. The summed E-state index contributed by atoms with van der Waals surface area (Å²) in [7, 11) is 0. The van der Waals surface area contributed by atoms with Crippen molar-refractivity contribution in [2.24, 2.45) is 17.3 Å². The summed E-state index contributed by atoms with van der Waals surface area (Å²) >= 11 is 0. The molecule has 1 heterocycles. The third-order valence-corrected chi connectivity index (χ3v) is 8.43. The monoisotopic (exact) mass is 475 g/mol. The van der Waals surface area contributed by atoms with Gasteiger partial charge in [0.15, 0.2) is 6.10 Å². The van der Waals surface area contributed by atoms with Crippen LogP contribution in [0.15, 0.2) is 0 Å². The number of unbranched alkanes of at least 4 members (excludes halogenated alkanes) is 6. The van der Waals surface area contributed by atoms with Gasteiger partial charge in [-0.25, -0.2) is 0 Å². The maximum Gasteiger partial charge on any atom is 0.414 e. The highest BCUT2D eigenvalue weighted by atomic mass is 19.4. The fourth-order valence-corrected chi connectivity index (χ4v) is 5.49. The summed E-state index contributed by atoms with van der Waals surface area (Å²) in [5.41, 5.74) is 0.524. The van der Waals surface area contributed by atoms with E-state index in [1.807, 2.05) is 0 Å². The Morgan fingerprint density at radius 2 is 1.36 bits per heavy atom. The number of piperidine rings is 1. The van der Waals surface area contributed by atoms with Gasteiger partial charge in [0.1, 0.15) is 0 Å². The van der Waals surface area contributed by atoms with Crippen molar-refractivity contribution in [3.63, 3.8) is 0 Å². The summed E-state index contributed by atoms with van der Waals surface area (Å²) in [6.07, 6.45) is 9.34. The Morgan fingerprint density at radius 3 is 1.85 bits per heavy atom. The summed E-state index contributed by atoms with van der Waals surface area (Å²) in [5.74, 6) is -0.262. The van der Waals surface area contributed by atoms with Crippen LogP contribution in [0.3, 0.4) is 0 Å². The Morgan fingerprint density at radius 1 is 0.848 bits per heavy atom. The van der Waals surface area contributed by atoms with Crippen molar-refractivity contribution in [1.82, 2.24) is 4.90 Å². The number of amides is 1. The molecule has 0 N–H and O–H groups in total. The zero-order chi connectivity index (χ0) is 24.3. The van der Waals surface area contributed by atoms with Gasteiger partial charge in [-0.05, 0) is 49.9 Å². The molecule has 0 aromatic heterocycles. The number of nitrogens with zero attached hydrogens (tertiary/aromatic N) is 1. The van der Waals surface area contributed by atoms with E-state index in [1.165, 1.54) is 44.9 Å². The molecule has 0 radical (unpaired) electrons. The molecule has 0 aromatic rings. The number of hydrogen-bond acceptors (Lipinski definition) is 2. The summed E-state index contributed by atoms with van der Waals surface area (Å²) in [6, 6.07) is 0. The molecule has 1 aliphatic carbocycles. The van der Waals surface area contributed by atoms with Gasteiger partial charge in [0.05, 0.1) is 0 Å². The third kappa shape index (κ3) is 9.41. The number of likely N-dealkylation sites (tertiary alicyclic amines) is 1. The molecular weight excluding hydrogens is 427 g/mol. The number of alkyl halides is 3. The van der Waals surface area contributed by atoms with E-state index in [2.05, 4.69) is 20.8 Å². The first kappa shape index (κ1) is 28.5. The van der Waals surface area contributed by atoms with Gasteiger partial charge in [-0.3, -0.25) is 4.79 Å². The van der Waals surface area contributed by atoms with Gasteiger partial charge in [0.25, 0.3) is 0 Å². The lowest BCUT2D eigenvalue weighted by molar-refractivity contribution is -0.240. The second-order valence-corrected chi connectivity index (χ2v) is 10.6. The second-order valence-electron chi connectivity index (χ2n) is 10.6. The van der Waals surface area contributed by atoms with Gasteiger partial charge in [-0.2, -0.15) is 13.2 Å². The molecule has 1 saturated heterocycles. The molecule has 2 aliphatic rings. The Bertz CT molecular complexity index is 542. The van der Waals surface area contributed by atoms with E-state index < -0.39 is 18.2 Å². The van der Waals surface area contributed by atoms with Crippen LogP contribution < -0.4 is 0 Å². The van der Waals surface area contributed by atoms with Crippen molar-refractivity contribution in [2.75, 3.05) is 19.7 Å². The van der Waals surface area contributed by atoms with Crippen LogP contribution >= 0.6 is 0 Å². The molecule has 2 fully saturated rings. The van der Waals surface area contributed by atoms with E-state index >= 15 is 0 Å². The van der Waals surface area contributed by atoms with Crippen molar-refractivity contribution < 1.29 is 22.7 Å². The van der Waals surface area contributed by atoms with Gasteiger partial charge in [-0.15, -0.1) is 0 Å². The molecule has 0 spiro atoms. The van der Waals surface area contributed by atoms with E-state index in [9.17, 15) is 18.0 Å². The molecule has 194 valence electrons. The van der Waals surface area contributed by atoms with E-state index in [0.717, 1.165) is 32.1 Å². The predicted octanol–water partition coefficient (Wildman–Crippen LogP) is 7.92. The zero-order valence-corrected chi connectivity index (χ0v) is 21.4. The lowest BCUT2D eigenvalue weighted by Crippen LogP contribution is -2.46. The molecule has 1 amide bonds. The van der Waals surface area contributed by atoms with Crippen LogP contribution in [0, 0.1) is 17.3 Å². The van der Waals surface area contributed by atoms with Gasteiger partial charge >= 0.3 is 6.18 Å². The van der Waals surface area contributed by atoms with Crippen LogP contribution in [0.4, 0.5) is 13.2 Å². The van der Waals surface area contributed by atoms with Crippen LogP contribution in [-0.4, -0.2) is 42.8 Å². The lowest BCUT2D eigenvalue weighted by atomic mass is 9.75. The molecule has 2 rings (SSSR count). The number of halogens is 3. The van der Waals surface area contributed by atoms with Crippen LogP contribution in [-0.2, 0) is 9.53 Å². The van der Waals surface area contributed by atoms with Crippen LogP contribution in [0.2, 0.25) is 0 Å². The fraction of sp³-hybridized carbons (Fsp3) is 0.963. The number of carbonyl (C=O) groups is 1. The van der Waals surface area contributed by atoms with Crippen LogP contribution in [0.5, 0.6) is 0 Å². The quantitative estimate of drug-likeness (QED) is 0.212. The highest BCUT2D eigenvalue weighted by Gasteiger charge is 2.47. The number of carbonyl (C=O) groups excluding carboxylic acids is 1. The maximum atomic E-state index is 13.6. The number of rotatable bonds is 16. The fourth-order valence-electron chi connectivity index (χ4n) is 5.49. The minimum absolute atomic E-state index is 0.133. The van der Waals surface area contributed by atoms with Gasteiger partial charge in [0, 0.05) is 25.6 Å². The Labute approximate surface area is 200 Å². The Kier molecular flexibility index (Phi) is 12.0. The largest absolute Gasteiger partial charge is 0.414 e. The maximum absolute atomic E-state index is 13.6. The molecule has 0 aromatic carbocycles. The predicted molar refractivity (Wildman–Crippen MR) is 128 cm³/mol. The van der Waals surface area contributed by atoms with Gasteiger partial charge < -0.3 is 9.64 Å². The average molecular weight is 476 g/mol. The standard InChI is InChI=1S/C27H48F3NO2/c1-4-26(5-2,6-3)18-12-10-8-7-9-11-13-21-33-24(27(28,29)30)22-16-19-31(20-17-22)25(32)23-14-15-23/h22-24H,4-21H2,1-3H3. The average Bonchev–Trinajstić information content (AvgIpc) is 3.65. The van der Waals surface area contributed by atoms with Crippen molar-refractivity contribution in [3.8, 4) is 0 Å². The van der Waals surface area contributed by atoms with Crippen molar-refractivity contribution in [1.29, 1.82) is 0 Å². The first-order chi connectivity index (χ1) is 15.8. The summed E-state index contributed by atoms with van der Waals surface area (Å²) in [5, 5.41) is 0. The molecule has 1 aliphatic heterocycles. The summed E-state index contributed by atoms with van der Waals surface area (Å²) < 4.78 is 46.2. The van der Waals surface area contributed by atoms with Crippen molar-refractivity contribution in [3.05, 3.63) is 0 Å². The van der Waals surface area contributed by atoms with E-state index in [1.54, 1.807) is 4.90 Å².